The Hall–Kier alpha value is -0.730. The molecule has 0 aliphatic heterocycles. The summed E-state index contributed by atoms with van der Waals surface area (Å²) in [6.45, 7) is 8.16. The molecule has 0 spiro atoms. The van der Waals surface area contributed by atoms with E-state index in [1.54, 1.807) is 7.11 Å². The van der Waals surface area contributed by atoms with Gasteiger partial charge < -0.3 is 10.5 Å². The Bertz CT molecular complexity index is 370. The number of ether oxygens (including phenoxy) is 1. The highest BCUT2D eigenvalue weighted by Crippen LogP contribution is 2.36. The molecule has 1 aromatic rings. The Kier molecular flexibility index (Phi) is 4.22. The summed E-state index contributed by atoms with van der Waals surface area (Å²) in [7, 11) is 1.65. The van der Waals surface area contributed by atoms with E-state index in [1.807, 2.05) is 20.8 Å². The van der Waals surface area contributed by atoms with Gasteiger partial charge in [-0.05, 0) is 56.4 Å². The molecule has 90 valence electrons. The first-order valence-corrected chi connectivity index (χ1v) is 5.85. The Balaban J connectivity index is 3.41. The number of benzene rings is 1. The normalized spacial score (nSPS) is 12.7. The molecule has 3 heteroatoms. The molecule has 0 aliphatic rings. The largest absolute Gasteiger partial charge is 0.495 e. The minimum atomic E-state index is 0.140. The van der Waals surface area contributed by atoms with Crippen molar-refractivity contribution in [1.82, 2.24) is 0 Å². The van der Waals surface area contributed by atoms with E-state index in [0.29, 0.717) is 5.02 Å². The van der Waals surface area contributed by atoms with Gasteiger partial charge in [0.25, 0.3) is 0 Å². The smallest absolute Gasteiger partial charge is 0.140 e. The molecule has 0 saturated heterocycles. The van der Waals surface area contributed by atoms with E-state index in [-0.39, 0.29) is 6.04 Å². The van der Waals surface area contributed by atoms with E-state index in [9.17, 15) is 0 Å². The van der Waals surface area contributed by atoms with Gasteiger partial charge in [-0.2, -0.15) is 0 Å². The Morgan fingerprint density at radius 1 is 1.19 bits per heavy atom. The van der Waals surface area contributed by atoms with Crippen molar-refractivity contribution in [2.24, 2.45) is 5.73 Å². The molecule has 0 radical (unpaired) electrons. The van der Waals surface area contributed by atoms with Crippen LogP contribution in [0.4, 0.5) is 0 Å². The molecule has 2 N–H and O–H groups in total. The minimum absolute atomic E-state index is 0.140. The van der Waals surface area contributed by atoms with Crippen LogP contribution in [0, 0.1) is 20.8 Å². The van der Waals surface area contributed by atoms with Crippen molar-refractivity contribution in [2.75, 3.05) is 7.11 Å². The zero-order chi connectivity index (χ0) is 12.5. The zero-order valence-corrected chi connectivity index (χ0v) is 11.4. The van der Waals surface area contributed by atoms with Crippen molar-refractivity contribution in [2.45, 2.75) is 40.2 Å². The third-order valence-electron chi connectivity index (χ3n) is 3.07. The number of hydrogen-bond donors (Lipinski definition) is 1. The van der Waals surface area contributed by atoms with Crippen LogP contribution >= 0.6 is 11.6 Å². The Morgan fingerprint density at radius 2 is 1.75 bits per heavy atom. The van der Waals surface area contributed by atoms with Gasteiger partial charge in [-0.15, -0.1) is 0 Å². The number of nitrogens with two attached hydrogens (primary N) is 1. The number of halogens is 1. The predicted molar refractivity (Wildman–Crippen MR) is 69.6 cm³/mol. The number of rotatable bonds is 3. The summed E-state index contributed by atoms with van der Waals surface area (Å²) in [6.07, 6.45) is 0.849. The van der Waals surface area contributed by atoms with Gasteiger partial charge in [-0.25, -0.2) is 0 Å². The maximum Gasteiger partial charge on any atom is 0.140 e. The van der Waals surface area contributed by atoms with Crippen molar-refractivity contribution < 1.29 is 4.74 Å². The second-order valence-electron chi connectivity index (χ2n) is 4.38. The van der Waals surface area contributed by atoms with Gasteiger partial charge in [-0.1, -0.05) is 11.6 Å². The van der Waals surface area contributed by atoms with Crippen molar-refractivity contribution in [3.8, 4) is 5.75 Å². The highest BCUT2D eigenvalue weighted by Gasteiger charge is 2.17. The lowest BCUT2D eigenvalue weighted by Gasteiger charge is -2.19. The topological polar surface area (TPSA) is 35.2 Å². The molecule has 0 fully saturated rings. The minimum Gasteiger partial charge on any atom is -0.495 e. The van der Waals surface area contributed by atoms with E-state index >= 15 is 0 Å². The molecule has 0 saturated carbocycles. The maximum absolute atomic E-state index is 6.29. The molecule has 0 aromatic heterocycles. The van der Waals surface area contributed by atoms with Gasteiger partial charge >= 0.3 is 0 Å². The van der Waals surface area contributed by atoms with Gasteiger partial charge in [0.15, 0.2) is 0 Å². The third-order valence-corrected chi connectivity index (χ3v) is 3.52. The van der Waals surface area contributed by atoms with Gasteiger partial charge in [0.1, 0.15) is 5.75 Å². The van der Waals surface area contributed by atoms with Crippen LogP contribution in [0.2, 0.25) is 5.02 Å². The first-order valence-electron chi connectivity index (χ1n) is 5.47. The van der Waals surface area contributed by atoms with Crippen LogP contribution in [-0.2, 0) is 6.42 Å². The zero-order valence-electron chi connectivity index (χ0n) is 10.6. The summed E-state index contributed by atoms with van der Waals surface area (Å²) < 4.78 is 5.33. The van der Waals surface area contributed by atoms with Crippen LogP contribution in [0.5, 0.6) is 5.75 Å². The summed E-state index contributed by atoms with van der Waals surface area (Å²) in [4.78, 5) is 0. The van der Waals surface area contributed by atoms with E-state index in [1.165, 1.54) is 11.1 Å². The average molecular weight is 242 g/mol. The molecule has 1 aromatic carbocycles. The Morgan fingerprint density at radius 3 is 2.19 bits per heavy atom. The summed E-state index contributed by atoms with van der Waals surface area (Å²) in [6, 6.07) is 0.140. The standard InChI is InChI=1S/C13H20ClNO/c1-7(15)6-11-8(2)9(3)13(16-5)12(14)10(11)4/h7H,6,15H2,1-5H3. The first-order chi connectivity index (χ1) is 7.40. The van der Waals surface area contributed by atoms with Gasteiger partial charge in [0, 0.05) is 6.04 Å². The molecule has 0 bridgehead atoms. The molecule has 0 amide bonds. The van der Waals surface area contributed by atoms with Crippen molar-refractivity contribution >= 4 is 11.6 Å². The van der Waals surface area contributed by atoms with Crippen LogP contribution in [-0.4, -0.2) is 13.2 Å². The molecular weight excluding hydrogens is 222 g/mol. The van der Waals surface area contributed by atoms with Crippen molar-refractivity contribution in [3.05, 3.63) is 27.3 Å². The summed E-state index contributed by atoms with van der Waals surface area (Å²) in [5, 5.41) is 0.709. The lowest BCUT2D eigenvalue weighted by atomic mass is 9.93. The molecular formula is C13H20ClNO. The fourth-order valence-electron chi connectivity index (χ4n) is 2.02. The molecule has 1 atom stereocenters. The highest BCUT2D eigenvalue weighted by molar-refractivity contribution is 6.33. The van der Waals surface area contributed by atoms with E-state index in [0.717, 1.165) is 23.3 Å². The molecule has 1 unspecified atom stereocenters. The van der Waals surface area contributed by atoms with Crippen LogP contribution in [0.15, 0.2) is 0 Å². The summed E-state index contributed by atoms with van der Waals surface area (Å²) in [5.74, 6) is 0.782. The monoisotopic (exact) mass is 241 g/mol. The van der Waals surface area contributed by atoms with Crippen LogP contribution in [0.25, 0.3) is 0 Å². The maximum atomic E-state index is 6.29. The van der Waals surface area contributed by atoms with Gasteiger partial charge in [0.2, 0.25) is 0 Å². The molecule has 2 nitrogen and oxygen atoms in total. The fourth-order valence-corrected chi connectivity index (χ4v) is 2.35. The second-order valence-corrected chi connectivity index (χ2v) is 4.76. The first kappa shape index (κ1) is 13.3. The molecule has 0 heterocycles. The van der Waals surface area contributed by atoms with E-state index < -0.39 is 0 Å². The number of methoxy groups -OCH3 is 1. The number of hydrogen-bond acceptors (Lipinski definition) is 2. The highest BCUT2D eigenvalue weighted by atomic mass is 35.5. The fraction of sp³-hybridized carbons (Fsp3) is 0.538. The summed E-state index contributed by atoms with van der Waals surface area (Å²) in [5.41, 5.74) is 10.5. The van der Waals surface area contributed by atoms with Gasteiger partial charge in [0.05, 0.1) is 12.1 Å². The Labute approximate surface area is 103 Å². The summed E-state index contributed by atoms with van der Waals surface area (Å²) >= 11 is 6.29. The predicted octanol–water partition coefficient (Wildman–Crippen LogP) is 3.16. The molecule has 1 rings (SSSR count). The quantitative estimate of drug-likeness (QED) is 0.882. The molecule has 16 heavy (non-hydrogen) atoms. The second kappa shape index (κ2) is 5.07. The lowest BCUT2D eigenvalue weighted by Crippen LogP contribution is -2.19. The van der Waals surface area contributed by atoms with Crippen LogP contribution in [0.3, 0.4) is 0 Å². The SMILES string of the molecule is COc1c(C)c(C)c(CC(C)N)c(C)c1Cl. The van der Waals surface area contributed by atoms with Crippen LogP contribution < -0.4 is 10.5 Å². The van der Waals surface area contributed by atoms with E-state index in [2.05, 4.69) is 6.92 Å². The van der Waals surface area contributed by atoms with Crippen molar-refractivity contribution in [1.29, 1.82) is 0 Å². The van der Waals surface area contributed by atoms with Crippen molar-refractivity contribution in [3.63, 3.8) is 0 Å². The van der Waals surface area contributed by atoms with Gasteiger partial charge in [-0.3, -0.25) is 0 Å². The van der Waals surface area contributed by atoms with E-state index in [4.69, 9.17) is 22.1 Å². The van der Waals surface area contributed by atoms with Crippen LogP contribution in [0.1, 0.15) is 29.2 Å². The lowest BCUT2D eigenvalue weighted by molar-refractivity contribution is 0.411. The molecule has 0 aliphatic carbocycles. The average Bonchev–Trinajstić information content (AvgIpc) is 2.22. The third kappa shape index (κ3) is 2.33.